The first-order chi connectivity index (χ1) is 11.8. The number of benzene rings is 1. The number of nitrogens with zero attached hydrogens (tertiary/aromatic N) is 1. The van der Waals surface area contributed by atoms with Crippen molar-refractivity contribution in [1.82, 2.24) is 15.5 Å². The van der Waals surface area contributed by atoms with Gasteiger partial charge in [-0.05, 0) is 24.5 Å². The highest BCUT2D eigenvalue weighted by Crippen LogP contribution is 2.33. The molecular weight excluding hydrogens is 306 g/mol. The SMILES string of the molecule is O=C(NC[C@@H]1CCCO[C@H]1c1cn[nH]c1)c1cccc2c1OCC2. The second kappa shape index (κ2) is 6.65. The molecule has 4 rings (SSSR count). The van der Waals surface area contributed by atoms with Crippen molar-refractivity contribution in [2.75, 3.05) is 19.8 Å². The van der Waals surface area contributed by atoms with Gasteiger partial charge in [0.15, 0.2) is 0 Å². The number of aromatic amines is 1. The Balaban J connectivity index is 1.44. The minimum atomic E-state index is -0.0785. The van der Waals surface area contributed by atoms with Crippen LogP contribution in [0.4, 0.5) is 0 Å². The van der Waals surface area contributed by atoms with Gasteiger partial charge in [-0.2, -0.15) is 5.10 Å². The fraction of sp³-hybridized carbons (Fsp3) is 0.444. The third-order valence-electron chi connectivity index (χ3n) is 4.78. The van der Waals surface area contributed by atoms with Crippen LogP contribution in [0.2, 0.25) is 0 Å². The first kappa shape index (κ1) is 15.2. The van der Waals surface area contributed by atoms with Crippen LogP contribution in [0.1, 0.15) is 40.4 Å². The van der Waals surface area contributed by atoms with E-state index in [0.717, 1.165) is 42.7 Å². The van der Waals surface area contributed by atoms with Crippen LogP contribution < -0.4 is 10.1 Å². The molecule has 1 amide bonds. The van der Waals surface area contributed by atoms with Crippen molar-refractivity contribution >= 4 is 5.91 Å². The third-order valence-corrected chi connectivity index (χ3v) is 4.78. The van der Waals surface area contributed by atoms with Crippen molar-refractivity contribution in [3.63, 3.8) is 0 Å². The first-order valence-corrected chi connectivity index (χ1v) is 8.46. The maximum atomic E-state index is 12.6. The molecule has 1 saturated heterocycles. The lowest BCUT2D eigenvalue weighted by Gasteiger charge is -2.31. The Morgan fingerprint density at radius 3 is 3.21 bits per heavy atom. The van der Waals surface area contributed by atoms with E-state index in [2.05, 4.69) is 15.5 Å². The quantitative estimate of drug-likeness (QED) is 0.903. The predicted octanol–water partition coefficient (Wildman–Crippen LogP) is 2.24. The van der Waals surface area contributed by atoms with E-state index in [1.807, 2.05) is 24.4 Å². The van der Waals surface area contributed by atoms with Crippen LogP contribution in [-0.4, -0.2) is 35.9 Å². The lowest BCUT2D eigenvalue weighted by Crippen LogP contribution is -2.35. The topological polar surface area (TPSA) is 76.2 Å². The van der Waals surface area contributed by atoms with Gasteiger partial charge in [0.25, 0.3) is 5.91 Å². The Labute approximate surface area is 140 Å². The van der Waals surface area contributed by atoms with E-state index in [4.69, 9.17) is 9.47 Å². The molecule has 0 spiro atoms. The summed E-state index contributed by atoms with van der Waals surface area (Å²) in [5.41, 5.74) is 2.78. The summed E-state index contributed by atoms with van der Waals surface area (Å²) in [7, 11) is 0. The summed E-state index contributed by atoms with van der Waals surface area (Å²) in [6.07, 6.45) is 6.55. The highest BCUT2D eigenvalue weighted by Gasteiger charge is 2.29. The number of para-hydroxylation sites is 1. The maximum Gasteiger partial charge on any atom is 0.255 e. The molecule has 2 atom stereocenters. The Bertz CT molecular complexity index is 714. The first-order valence-electron chi connectivity index (χ1n) is 8.46. The molecule has 6 nitrogen and oxygen atoms in total. The van der Waals surface area contributed by atoms with Crippen molar-refractivity contribution in [2.45, 2.75) is 25.4 Å². The van der Waals surface area contributed by atoms with E-state index in [-0.39, 0.29) is 17.9 Å². The minimum Gasteiger partial charge on any atom is -0.492 e. The number of hydrogen-bond donors (Lipinski definition) is 2. The molecule has 1 aromatic carbocycles. The maximum absolute atomic E-state index is 12.6. The van der Waals surface area contributed by atoms with Crippen molar-refractivity contribution in [2.24, 2.45) is 5.92 Å². The zero-order chi connectivity index (χ0) is 16.4. The lowest BCUT2D eigenvalue weighted by atomic mass is 9.90. The van der Waals surface area contributed by atoms with E-state index in [9.17, 15) is 4.79 Å². The van der Waals surface area contributed by atoms with Gasteiger partial charge in [-0.1, -0.05) is 12.1 Å². The largest absolute Gasteiger partial charge is 0.492 e. The molecule has 0 unspecified atom stereocenters. The zero-order valence-electron chi connectivity index (χ0n) is 13.5. The summed E-state index contributed by atoms with van der Waals surface area (Å²) in [5, 5.41) is 9.90. The van der Waals surface area contributed by atoms with Gasteiger partial charge < -0.3 is 14.8 Å². The lowest BCUT2D eigenvalue weighted by molar-refractivity contribution is -0.0272. The van der Waals surface area contributed by atoms with Crippen LogP contribution in [0, 0.1) is 5.92 Å². The van der Waals surface area contributed by atoms with Crippen LogP contribution in [0.15, 0.2) is 30.6 Å². The third kappa shape index (κ3) is 2.89. The number of carbonyl (C=O) groups excluding carboxylic acids is 1. The van der Waals surface area contributed by atoms with Crippen molar-refractivity contribution in [3.05, 3.63) is 47.3 Å². The molecule has 0 bridgehead atoms. The molecule has 24 heavy (non-hydrogen) atoms. The minimum absolute atomic E-state index is 0.0180. The molecule has 2 N–H and O–H groups in total. The molecule has 2 aromatic rings. The highest BCUT2D eigenvalue weighted by atomic mass is 16.5. The smallest absolute Gasteiger partial charge is 0.255 e. The molecular formula is C18H21N3O3. The highest BCUT2D eigenvalue weighted by molar-refractivity contribution is 5.97. The number of ether oxygens (including phenoxy) is 2. The summed E-state index contributed by atoms with van der Waals surface area (Å²) in [6.45, 7) is 1.98. The summed E-state index contributed by atoms with van der Waals surface area (Å²) >= 11 is 0. The van der Waals surface area contributed by atoms with E-state index in [0.29, 0.717) is 18.7 Å². The molecule has 126 valence electrons. The van der Waals surface area contributed by atoms with Crippen molar-refractivity contribution in [3.8, 4) is 5.75 Å². The van der Waals surface area contributed by atoms with Gasteiger partial charge in [0.05, 0.1) is 24.5 Å². The zero-order valence-corrected chi connectivity index (χ0v) is 13.5. The van der Waals surface area contributed by atoms with Crippen LogP contribution in [0.3, 0.4) is 0 Å². The molecule has 2 aliphatic heterocycles. The monoisotopic (exact) mass is 327 g/mol. The Morgan fingerprint density at radius 1 is 1.38 bits per heavy atom. The van der Waals surface area contributed by atoms with E-state index < -0.39 is 0 Å². The molecule has 0 saturated carbocycles. The summed E-state index contributed by atoms with van der Waals surface area (Å²) in [4.78, 5) is 12.6. The number of amides is 1. The van der Waals surface area contributed by atoms with Crippen LogP contribution in [0.25, 0.3) is 0 Å². The molecule has 2 aliphatic rings. The molecule has 1 aromatic heterocycles. The van der Waals surface area contributed by atoms with Gasteiger partial charge in [0, 0.05) is 37.3 Å². The fourth-order valence-electron chi connectivity index (χ4n) is 3.55. The standard InChI is InChI=1S/C18H21N3O3/c22-18(15-5-1-3-12-6-8-24-17(12)15)19-9-13-4-2-7-23-16(13)14-10-20-21-11-14/h1,3,5,10-11,13,16H,2,4,6-9H2,(H,19,22)(H,20,21)/t13-,16+/m0/s1. The fourth-order valence-corrected chi connectivity index (χ4v) is 3.55. The van der Waals surface area contributed by atoms with Crippen molar-refractivity contribution in [1.29, 1.82) is 0 Å². The van der Waals surface area contributed by atoms with Gasteiger partial charge >= 0.3 is 0 Å². The van der Waals surface area contributed by atoms with E-state index in [1.54, 1.807) is 6.20 Å². The molecule has 0 aliphatic carbocycles. The second-order valence-corrected chi connectivity index (χ2v) is 6.33. The molecule has 6 heteroatoms. The van der Waals surface area contributed by atoms with E-state index >= 15 is 0 Å². The average Bonchev–Trinajstić information content (AvgIpc) is 3.30. The predicted molar refractivity (Wildman–Crippen MR) is 88.0 cm³/mol. The Kier molecular flexibility index (Phi) is 4.21. The molecule has 3 heterocycles. The number of hydrogen-bond acceptors (Lipinski definition) is 4. The van der Waals surface area contributed by atoms with E-state index in [1.165, 1.54) is 0 Å². The molecule has 0 radical (unpaired) electrons. The van der Waals surface area contributed by atoms with Crippen LogP contribution in [0.5, 0.6) is 5.75 Å². The summed E-state index contributed by atoms with van der Waals surface area (Å²) < 4.78 is 11.5. The van der Waals surface area contributed by atoms with Crippen LogP contribution >= 0.6 is 0 Å². The second-order valence-electron chi connectivity index (χ2n) is 6.33. The number of nitrogens with one attached hydrogen (secondary N) is 2. The van der Waals surface area contributed by atoms with Gasteiger partial charge in [-0.15, -0.1) is 0 Å². The van der Waals surface area contributed by atoms with Gasteiger partial charge in [0.1, 0.15) is 5.75 Å². The Morgan fingerprint density at radius 2 is 2.33 bits per heavy atom. The number of rotatable bonds is 4. The average molecular weight is 327 g/mol. The Hall–Kier alpha value is -2.34. The van der Waals surface area contributed by atoms with Crippen LogP contribution in [-0.2, 0) is 11.2 Å². The number of aromatic nitrogens is 2. The number of fused-ring (bicyclic) bond motifs is 1. The van der Waals surface area contributed by atoms with Gasteiger partial charge in [-0.25, -0.2) is 0 Å². The number of carbonyl (C=O) groups is 1. The normalized spacial score (nSPS) is 22.7. The summed E-state index contributed by atoms with van der Waals surface area (Å²) in [6, 6.07) is 5.76. The molecule has 1 fully saturated rings. The number of H-pyrrole nitrogens is 1. The summed E-state index contributed by atoms with van der Waals surface area (Å²) in [5.74, 6) is 0.907. The van der Waals surface area contributed by atoms with Gasteiger partial charge in [0.2, 0.25) is 0 Å². The van der Waals surface area contributed by atoms with Gasteiger partial charge in [-0.3, -0.25) is 9.89 Å². The van der Waals surface area contributed by atoms with Crippen molar-refractivity contribution < 1.29 is 14.3 Å².